The third-order valence-corrected chi connectivity index (χ3v) is 6.40. The van der Waals surface area contributed by atoms with Crippen molar-refractivity contribution in [1.29, 1.82) is 0 Å². The molecule has 0 saturated carbocycles. The van der Waals surface area contributed by atoms with Crippen LogP contribution < -0.4 is 15.8 Å². The Bertz CT molecular complexity index is 1050. The SMILES string of the molecule is COc1ccc(-c2nnc(SC(C(=O)NC(N)=O)C(C)C)n2CCc2ccccc2)cc1. The largest absolute Gasteiger partial charge is 0.497 e. The molecule has 0 saturated heterocycles. The fourth-order valence-corrected chi connectivity index (χ4v) is 4.27. The molecule has 3 amide bonds. The van der Waals surface area contributed by atoms with Crippen LogP contribution >= 0.6 is 11.8 Å². The minimum atomic E-state index is -0.870. The number of primary amides is 1. The third kappa shape index (κ3) is 5.88. The summed E-state index contributed by atoms with van der Waals surface area (Å²) in [5.41, 5.74) is 7.22. The van der Waals surface area contributed by atoms with Gasteiger partial charge in [0, 0.05) is 12.1 Å². The lowest BCUT2D eigenvalue weighted by Crippen LogP contribution is -2.42. The number of nitrogens with two attached hydrogens (primary N) is 1. The number of nitrogens with zero attached hydrogens (tertiary/aromatic N) is 3. The first kappa shape index (κ1) is 23.3. The number of rotatable bonds is 9. The zero-order valence-electron chi connectivity index (χ0n) is 18.3. The standard InChI is InChI=1S/C23H27N5O3S/c1-15(2)19(21(29)25-22(24)30)32-23-27-26-20(17-9-11-18(31-3)12-10-17)28(23)14-13-16-7-5-4-6-8-16/h4-12,15,19H,13-14H2,1-3H3,(H3,24,25,29,30). The molecule has 3 N–H and O–H groups in total. The van der Waals surface area contributed by atoms with E-state index in [0.29, 0.717) is 17.5 Å². The van der Waals surface area contributed by atoms with Crippen molar-refractivity contribution in [3.63, 3.8) is 0 Å². The van der Waals surface area contributed by atoms with Crippen LogP contribution in [0.5, 0.6) is 5.75 Å². The Morgan fingerprint density at radius 2 is 1.78 bits per heavy atom. The van der Waals surface area contributed by atoms with E-state index in [1.54, 1.807) is 7.11 Å². The number of amides is 3. The molecular weight excluding hydrogens is 426 g/mol. The van der Waals surface area contributed by atoms with E-state index in [-0.39, 0.29) is 5.92 Å². The van der Waals surface area contributed by atoms with E-state index in [9.17, 15) is 9.59 Å². The summed E-state index contributed by atoms with van der Waals surface area (Å²) in [5, 5.41) is 11.0. The van der Waals surface area contributed by atoms with Crippen molar-refractivity contribution in [2.75, 3.05) is 7.11 Å². The van der Waals surface area contributed by atoms with Gasteiger partial charge < -0.3 is 15.0 Å². The number of hydrogen-bond donors (Lipinski definition) is 2. The Hall–Kier alpha value is -3.33. The van der Waals surface area contributed by atoms with E-state index in [2.05, 4.69) is 27.6 Å². The van der Waals surface area contributed by atoms with E-state index >= 15 is 0 Å². The lowest BCUT2D eigenvalue weighted by atomic mass is 10.1. The molecule has 1 atom stereocenters. The summed E-state index contributed by atoms with van der Waals surface area (Å²) in [5.74, 6) is 0.953. The predicted octanol–water partition coefficient (Wildman–Crippen LogP) is 3.51. The highest BCUT2D eigenvalue weighted by Crippen LogP contribution is 2.31. The molecule has 1 unspecified atom stereocenters. The number of urea groups is 1. The molecule has 3 aromatic rings. The van der Waals surface area contributed by atoms with Gasteiger partial charge in [-0.15, -0.1) is 10.2 Å². The van der Waals surface area contributed by atoms with E-state index in [1.807, 2.05) is 60.9 Å². The van der Waals surface area contributed by atoms with Gasteiger partial charge in [0.05, 0.1) is 12.4 Å². The zero-order chi connectivity index (χ0) is 23.1. The topological polar surface area (TPSA) is 112 Å². The summed E-state index contributed by atoms with van der Waals surface area (Å²) in [7, 11) is 1.62. The van der Waals surface area contributed by atoms with Crippen LogP contribution in [0.25, 0.3) is 11.4 Å². The van der Waals surface area contributed by atoms with Gasteiger partial charge in [-0.05, 0) is 42.2 Å². The highest BCUT2D eigenvalue weighted by atomic mass is 32.2. The fourth-order valence-electron chi connectivity index (χ4n) is 3.22. The van der Waals surface area contributed by atoms with Gasteiger partial charge in [-0.1, -0.05) is 55.9 Å². The van der Waals surface area contributed by atoms with Gasteiger partial charge in [0.1, 0.15) is 5.75 Å². The number of aromatic nitrogens is 3. The van der Waals surface area contributed by atoms with Crippen LogP contribution in [0.1, 0.15) is 19.4 Å². The Balaban J connectivity index is 1.93. The lowest BCUT2D eigenvalue weighted by Gasteiger charge is -2.19. The van der Waals surface area contributed by atoms with Crippen LogP contribution in [-0.2, 0) is 17.8 Å². The Morgan fingerprint density at radius 3 is 2.38 bits per heavy atom. The molecule has 2 aromatic carbocycles. The van der Waals surface area contributed by atoms with Gasteiger partial charge in [-0.3, -0.25) is 10.1 Å². The Kier molecular flexibility index (Phi) is 7.88. The summed E-state index contributed by atoms with van der Waals surface area (Å²) in [4.78, 5) is 23.7. The van der Waals surface area contributed by atoms with Crippen LogP contribution in [-0.4, -0.2) is 39.1 Å². The maximum absolute atomic E-state index is 12.5. The Morgan fingerprint density at radius 1 is 1.09 bits per heavy atom. The van der Waals surface area contributed by atoms with Crippen LogP contribution in [0.15, 0.2) is 59.8 Å². The minimum Gasteiger partial charge on any atom is -0.497 e. The molecule has 0 aliphatic heterocycles. The molecule has 0 spiro atoms. The molecule has 9 heteroatoms. The van der Waals surface area contributed by atoms with E-state index in [1.165, 1.54) is 17.3 Å². The van der Waals surface area contributed by atoms with E-state index < -0.39 is 17.2 Å². The number of carbonyl (C=O) groups excluding carboxylic acids is 2. The monoisotopic (exact) mass is 453 g/mol. The van der Waals surface area contributed by atoms with Gasteiger partial charge in [-0.2, -0.15) is 0 Å². The van der Waals surface area contributed by atoms with E-state index in [0.717, 1.165) is 17.7 Å². The third-order valence-electron chi connectivity index (χ3n) is 4.87. The van der Waals surface area contributed by atoms with E-state index in [4.69, 9.17) is 10.5 Å². The number of imide groups is 1. The summed E-state index contributed by atoms with van der Waals surface area (Å²) >= 11 is 1.28. The quantitative estimate of drug-likeness (QED) is 0.480. The molecule has 32 heavy (non-hydrogen) atoms. The summed E-state index contributed by atoms with van der Waals surface area (Å²) in [6.45, 7) is 4.45. The second-order valence-electron chi connectivity index (χ2n) is 7.56. The number of aryl methyl sites for hydroxylation is 1. The first-order chi connectivity index (χ1) is 15.4. The van der Waals surface area contributed by atoms with Crippen molar-refractivity contribution >= 4 is 23.7 Å². The number of hydrogen-bond acceptors (Lipinski definition) is 6. The van der Waals surface area contributed by atoms with Crippen molar-refractivity contribution in [2.24, 2.45) is 11.7 Å². The molecule has 0 bridgehead atoms. The number of benzene rings is 2. The molecule has 3 rings (SSSR count). The summed E-state index contributed by atoms with van der Waals surface area (Å²) in [6.07, 6.45) is 0.773. The summed E-state index contributed by atoms with van der Waals surface area (Å²) < 4.78 is 7.26. The van der Waals surface area contributed by atoms with Crippen molar-refractivity contribution in [3.8, 4) is 17.1 Å². The highest BCUT2D eigenvalue weighted by molar-refractivity contribution is 8.00. The lowest BCUT2D eigenvalue weighted by molar-refractivity contribution is -0.120. The molecule has 0 aliphatic carbocycles. The van der Waals surface area contributed by atoms with Crippen LogP contribution in [0.4, 0.5) is 4.79 Å². The van der Waals surface area contributed by atoms with Crippen molar-refractivity contribution in [1.82, 2.24) is 20.1 Å². The maximum atomic E-state index is 12.5. The minimum absolute atomic E-state index is 0.0527. The molecule has 1 heterocycles. The van der Waals surface area contributed by atoms with Crippen LogP contribution in [0, 0.1) is 5.92 Å². The normalized spacial score (nSPS) is 11.9. The van der Waals surface area contributed by atoms with Gasteiger partial charge in [0.25, 0.3) is 0 Å². The molecule has 0 radical (unpaired) electrons. The average Bonchev–Trinajstić information content (AvgIpc) is 3.18. The van der Waals surface area contributed by atoms with Crippen LogP contribution in [0.3, 0.4) is 0 Å². The van der Waals surface area contributed by atoms with Crippen molar-refractivity contribution in [2.45, 2.75) is 37.2 Å². The smallest absolute Gasteiger partial charge is 0.318 e. The second kappa shape index (κ2) is 10.8. The first-order valence-corrected chi connectivity index (χ1v) is 11.2. The van der Waals surface area contributed by atoms with Gasteiger partial charge in [-0.25, -0.2) is 4.79 Å². The van der Waals surface area contributed by atoms with Crippen molar-refractivity contribution in [3.05, 3.63) is 60.2 Å². The number of methoxy groups -OCH3 is 1. The number of carbonyl (C=O) groups is 2. The molecule has 1 aromatic heterocycles. The van der Waals surface area contributed by atoms with Crippen LogP contribution in [0.2, 0.25) is 0 Å². The second-order valence-corrected chi connectivity index (χ2v) is 8.67. The van der Waals surface area contributed by atoms with Gasteiger partial charge >= 0.3 is 6.03 Å². The molecule has 0 fully saturated rings. The fraction of sp³-hybridized carbons (Fsp3) is 0.304. The van der Waals surface area contributed by atoms with Crippen molar-refractivity contribution < 1.29 is 14.3 Å². The number of ether oxygens (including phenoxy) is 1. The highest BCUT2D eigenvalue weighted by Gasteiger charge is 2.28. The molecule has 0 aliphatic rings. The molecular formula is C23H27N5O3S. The first-order valence-electron chi connectivity index (χ1n) is 10.3. The number of thioether (sulfide) groups is 1. The maximum Gasteiger partial charge on any atom is 0.318 e. The average molecular weight is 454 g/mol. The number of nitrogens with one attached hydrogen (secondary N) is 1. The molecule has 8 nitrogen and oxygen atoms in total. The molecule has 168 valence electrons. The van der Waals surface area contributed by atoms with Gasteiger partial charge in [0.2, 0.25) is 5.91 Å². The van der Waals surface area contributed by atoms with Gasteiger partial charge in [0.15, 0.2) is 11.0 Å². The Labute approximate surface area is 191 Å². The zero-order valence-corrected chi connectivity index (χ0v) is 19.1. The summed E-state index contributed by atoms with van der Waals surface area (Å²) in [6, 6.07) is 16.9. The predicted molar refractivity (Wildman–Crippen MR) is 124 cm³/mol.